The summed E-state index contributed by atoms with van der Waals surface area (Å²) in [7, 11) is 0. The van der Waals surface area contributed by atoms with E-state index in [-0.39, 0.29) is 24.3 Å². The second kappa shape index (κ2) is 8.59. The zero-order valence-electron chi connectivity index (χ0n) is 12.5. The van der Waals surface area contributed by atoms with Crippen molar-refractivity contribution in [3.63, 3.8) is 0 Å². The van der Waals surface area contributed by atoms with Crippen molar-refractivity contribution in [3.8, 4) is 0 Å². The molecule has 0 unspecified atom stereocenters. The maximum absolute atomic E-state index is 12.2. The van der Waals surface area contributed by atoms with Crippen LogP contribution < -0.4 is 11.1 Å². The third-order valence-corrected chi connectivity index (χ3v) is 3.92. The number of nitrogens with two attached hydrogens (primary N) is 1. The Balaban J connectivity index is 2.53. The Labute approximate surface area is 129 Å². The van der Waals surface area contributed by atoms with E-state index in [0.29, 0.717) is 13.1 Å². The molecule has 0 spiro atoms. The van der Waals surface area contributed by atoms with E-state index < -0.39 is 6.04 Å². The molecule has 5 nitrogen and oxygen atoms in total. The van der Waals surface area contributed by atoms with Crippen molar-refractivity contribution >= 4 is 23.2 Å². The molecule has 1 aromatic heterocycles. The largest absolute Gasteiger partial charge is 0.346 e. The Kier molecular flexibility index (Phi) is 7.11. The van der Waals surface area contributed by atoms with Gasteiger partial charge in [0, 0.05) is 11.4 Å². The number of amides is 2. The molecule has 1 heterocycles. The highest BCUT2D eigenvalue weighted by molar-refractivity contribution is 7.09. The van der Waals surface area contributed by atoms with Crippen LogP contribution in [0, 0.1) is 5.92 Å². The predicted molar refractivity (Wildman–Crippen MR) is 85.8 cm³/mol. The summed E-state index contributed by atoms with van der Waals surface area (Å²) in [6.45, 7) is 8.32. The zero-order valence-corrected chi connectivity index (χ0v) is 13.4. The van der Waals surface area contributed by atoms with Crippen LogP contribution in [0.15, 0.2) is 30.2 Å². The van der Waals surface area contributed by atoms with Crippen LogP contribution in [0.3, 0.4) is 0 Å². The van der Waals surface area contributed by atoms with Crippen LogP contribution >= 0.6 is 11.3 Å². The number of nitrogens with one attached hydrogen (secondary N) is 1. The Hall–Kier alpha value is -1.66. The summed E-state index contributed by atoms with van der Waals surface area (Å²) in [5.74, 6) is -0.406. The molecule has 1 rings (SSSR count). The fourth-order valence-corrected chi connectivity index (χ4v) is 2.42. The second-order valence-electron chi connectivity index (χ2n) is 5.13. The lowest BCUT2D eigenvalue weighted by molar-refractivity contribution is -0.133. The number of thiophene rings is 1. The SMILES string of the molecule is C=CCN(Cc1cccs1)C(=O)CNC(=O)[C@@H](N)C(C)C. The van der Waals surface area contributed by atoms with E-state index in [0.717, 1.165) is 4.88 Å². The molecular weight excluding hydrogens is 286 g/mol. The molecule has 116 valence electrons. The molecule has 0 radical (unpaired) electrons. The lowest BCUT2D eigenvalue weighted by Crippen LogP contribution is -2.47. The molecule has 0 bridgehead atoms. The number of nitrogens with zero attached hydrogens (tertiary/aromatic N) is 1. The molecule has 0 fully saturated rings. The minimum atomic E-state index is -0.594. The maximum atomic E-state index is 12.2. The Morgan fingerprint density at radius 2 is 2.24 bits per heavy atom. The highest BCUT2D eigenvalue weighted by Gasteiger charge is 2.19. The van der Waals surface area contributed by atoms with Gasteiger partial charge in [0.25, 0.3) is 0 Å². The van der Waals surface area contributed by atoms with Gasteiger partial charge in [-0.15, -0.1) is 17.9 Å². The van der Waals surface area contributed by atoms with Gasteiger partial charge >= 0.3 is 0 Å². The number of hydrogen-bond donors (Lipinski definition) is 2. The van der Waals surface area contributed by atoms with Crippen LogP contribution in [0.4, 0.5) is 0 Å². The molecule has 1 aromatic rings. The summed E-state index contributed by atoms with van der Waals surface area (Å²) >= 11 is 1.59. The third kappa shape index (κ3) is 5.69. The first-order valence-corrected chi connectivity index (χ1v) is 7.78. The van der Waals surface area contributed by atoms with Gasteiger partial charge < -0.3 is 16.0 Å². The predicted octanol–water partition coefficient (Wildman–Crippen LogP) is 1.36. The lowest BCUT2D eigenvalue weighted by Gasteiger charge is -2.21. The summed E-state index contributed by atoms with van der Waals surface area (Å²) in [5, 5.41) is 4.56. The van der Waals surface area contributed by atoms with Crippen molar-refractivity contribution in [2.45, 2.75) is 26.4 Å². The van der Waals surface area contributed by atoms with Gasteiger partial charge in [0.15, 0.2) is 0 Å². The lowest BCUT2D eigenvalue weighted by atomic mass is 10.1. The van der Waals surface area contributed by atoms with E-state index in [1.54, 1.807) is 22.3 Å². The average Bonchev–Trinajstić information content (AvgIpc) is 2.95. The fraction of sp³-hybridized carbons (Fsp3) is 0.467. The number of carbonyl (C=O) groups excluding carboxylic acids is 2. The topological polar surface area (TPSA) is 75.4 Å². The molecule has 0 aromatic carbocycles. The number of carbonyl (C=O) groups is 2. The van der Waals surface area contributed by atoms with Crippen LogP contribution in [0.1, 0.15) is 18.7 Å². The minimum Gasteiger partial charge on any atom is -0.346 e. The zero-order chi connectivity index (χ0) is 15.8. The molecule has 21 heavy (non-hydrogen) atoms. The molecule has 1 atom stereocenters. The van der Waals surface area contributed by atoms with Gasteiger partial charge in [-0.2, -0.15) is 0 Å². The Bertz CT molecular complexity index is 471. The molecule has 0 saturated carbocycles. The van der Waals surface area contributed by atoms with E-state index in [9.17, 15) is 9.59 Å². The van der Waals surface area contributed by atoms with Gasteiger partial charge in [0.05, 0.1) is 19.1 Å². The van der Waals surface area contributed by atoms with Crippen LogP contribution in [0.25, 0.3) is 0 Å². The molecular formula is C15H23N3O2S. The monoisotopic (exact) mass is 309 g/mol. The quantitative estimate of drug-likeness (QED) is 0.712. The van der Waals surface area contributed by atoms with E-state index in [2.05, 4.69) is 11.9 Å². The van der Waals surface area contributed by atoms with E-state index in [4.69, 9.17) is 5.73 Å². The summed E-state index contributed by atoms with van der Waals surface area (Å²) in [4.78, 5) is 26.7. The highest BCUT2D eigenvalue weighted by Crippen LogP contribution is 2.11. The molecule has 0 aliphatic heterocycles. The van der Waals surface area contributed by atoms with Gasteiger partial charge in [-0.05, 0) is 17.4 Å². The molecule has 2 amide bonds. The van der Waals surface area contributed by atoms with Gasteiger partial charge in [-0.25, -0.2) is 0 Å². The number of rotatable bonds is 8. The first-order valence-electron chi connectivity index (χ1n) is 6.90. The van der Waals surface area contributed by atoms with E-state index in [1.165, 1.54) is 0 Å². The van der Waals surface area contributed by atoms with Gasteiger partial charge in [0.2, 0.25) is 11.8 Å². The Morgan fingerprint density at radius 3 is 2.76 bits per heavy atom. The Morgan fingerprint density at radius 1 is 1.52 bits per heavy atom. The third-order valence-electron chi connectivity index (χ3n) is 3.06. The van der Waals surface area contributed by atoms with Crippen LogP contribution in [0.2, 0.25) is 0 Å². The molecule has 6 heteroatoms. The van der Waals surface area contributed by atoms with Crippen molar-refractivity contribution in [2.24, 2.45) is 11.7 Å². The van der Waals surface area contributed by atoms with Crippen molar-refractivity contribution in [1.82, 2.24) is 10.2 Å². The maximum Gasteiger partial charge on any atom is 0.242 e. The van der Waals surface area contributed by atoms with Crippen molar-refractivity contribution in [1.29, 1.82) is 0 Å². The van der Waals surface area contributed by atoms with Crippen LogP contribution in [-0.4, -0.2) is 35.8 Å². The molecule has 0 aliphatic carbocycles. The van der Waals surface area contributed by atoms with Gasteiger partial charge in [-0.1, -0.05) is 26.0 Å². The first kappa shape index (κ1) is 17.4. The smallest absolute Gasteiger partial charge is 0.242 e. The van der Waals surface area contributed by atoms with Crippen molar-refractivity contribution in [3.05, 3.63) is 35.0 Å². The van der Waals surface area contributed by atoms with Gasteiger partial charge in [-0.3, -0.25) is 9.59 Å². The standard InChI is InChI=1S/C15H23N3O2S/c1-4-7-18(10-12-6-5-8-21-12)13(19)9-17-15(20)14(16)11(2)3/h4-6,8,11,14H,1,7,9-10,16H2,2-3H3,(H,17,20)/t14-/m0/s1. The highest BCUT2D eigenvalue weighted by atomic mass is 32.1. The average molecular weight is 309 g/mol. The summed E-state index contributed by atoms with van der Waals surface area (Å²) in [5.41, 5.74) is 5.74. The number of hydrogen-bond acceptors (Lipinski definition) is 4. The minimum absolute atomic E-state index is 0.0375. The fourth-order valence-electron chi connectivity index (χ4n) is 1.70. The van der Waals surface area contributed by atoms with Crippen LogP contribution in [0.5, 0.6) is 0 Å². The molecule has 0 aliphatic rings. The summed E-state index contributed by atoms with van der Waals surface area (Å²) in [6, 6.07) is 3.32. The molecule has 0 saturated heterocycles. The van der Waals surface area contributed by atoms with E-state index >= 15 is 0 Å². The summed E-state index contributed by atoms with van der Waals surface area (Å²) < 4.78 is 0. The normalized spacial score (nSPS) is 12.0. The van der Waals surface area contributed by atoms with Crippen molar-refractivity contribution in [2.75, 3.05) is 13.1 Å². The summed E-state index contributed by atoms with van der Waals surface area (Å²) in [6.07, 6.45) is 1.67. The van der Waals surface area contributed by atoms with E-state index in [1.807, 2.05) is 31.4 Å². The first-order chi connectivity index (χ1) is 9.95. The van der Waals surface area contributed by atoms with Crippen molar-refractivity contribution < 1.29 is 9.59 Å². The van der Waals surface area contributed by atoms with Gasteiger partial charge in [0.1, 0.15) is 0 Å². The van der Waals surface area contributed by atoms with Crippen LogP contribution in [-0.2, 0) is 16.1 Å². The molecule has 3 N–H and O–H groups in total. The second-order valence-corrected chi connectivity index (χ2v) is 6.16.